The molecule has 0 spiro atoms. The number of anilines is 1. The molecule has 0 saturated carbocycles. The molecule has 0 unspecified atom stereocenters. The number of rotatable bonds is 8. The highest BCUT2D eigenvalue weighted by atomic mass is 79.9. The Morgan fingerprint density at radius 3 is 2.74 bits per heavy atom. The van der Waals surface area contributed by atoms with E-state index in [1.165, 1.54) is 5.56 Å². The van der Waals surface area contributed by atoms with E-state index in [0.29, 0.717) is 24.7 Å². The third kappa shape index (κ3) is 4.52. The second kappa shape index (κ2) is 8.63. The van der Waals surface area contributed by atoms with E-state index < -0.39 is 0 Å². The Morgan fingerprint density at radius 2 is 2.04 bits per heavy atom. The van der Waals surface area contributed by atoms with Crippen LogP contribution in [0.25, 0.3) is 0 Å². The molecule has 0 radical (unpaired) electrons. The van der Waals surface area contributed by atoms with Crippen LogP contribution in [0.15, 0.2) is 53.5 Å². The quantitative estimate of drug-likeness (QED) is 0.643. The fourth-order valence-electron chi connectivity index (χ4n) is 2.36. The van der Waals surface area contributed by atoms with Gasteiger partial charge in [-0.15, -0.1) is 0 Å². The van der Waals surface area contributed by atoms with Crippen LogP contribution in [-0.2, 0) is 13.0 Å². The zero-order valence-electron chi connectivity index (χ0n) is 13.6. The lowest BCUT2D eigenvalue weighted by Crippen LogP contribution is -2.04. The second-order valence-electron chi connectivity index (χ2n) is 5.07. The standard InChI is InChI=1S/C19H22BrNO2/c1-4-10-23-19-16(20)11-14(12-18(19)22-3)13-21-17-9-7-6-8-15(17)5-2/h4,6-9,11-12,21H,1,5,10,13H2,2-3H3. The number of nitrogens with one attached hydrogen (secondary N) is 1. The van der Waals surface area contributed by atoms with Crippen LogP contribution in [0.2, 0.25) is 0 Å². The molecule has 0 amide bonds. The van der Waals surface area contributed by atoms with Gasteiger partial charge in [0.1, 0.15) is 6.61 Å². The number of benzene rings is 2. The van der Waals surface area contributed by atoms with Crippen LogP contribution in [0.3, 0.4) is 0 Å². The first kappa shape index (κ1) is 17.4. The van der Waals surface area contributed by atoms with Crippen LogP contribution in [0, 0.1) is 0 Å². The first-order valence-electron chi connectivity index (χ1n) is 7.61. The van der Waals surface area contributed by atoms with Crippen molar-refractivity contribution in [1.82, 2.24) is 0 Å². The Kier molecular flexibility index (Phi) is 6.53. The van der Waals surface area contributed by atoms with Gasteiger partial charge in [-0.2, -0.15) is 0 Å². The Bertz CT molecular complexity index is 670. The minimum Gasteiger partial charge on any atom is -0.493 e. The first-order valence-corrected chi connectivity index (χ1v) is 8.40. The van der Waals surface area contributed by atoms with E-state index in [2.05, 4.69) is 52.9 Å². The lowest BCUT2D eigenvalue weighted by Gasteiger charge is -2.15. The summed E-state index contributed by atoms with van der Waals surface area (Å²) in [6.07, 6.45) is 2.72. The topological polar surface area (TPSA) is 30.5 Å². The molecule has 2 aromatic carbocycles. The number of aryl methyl sites for hydroxylation is 1. The maximum atomic E-state index is 5.65. The van der Waals surface area contributed by atoms with E-state index in [-0.39, 0.29) is 0 Å². The van der Waals surface area contributed by atoms with Crippen molar-refractivity contribution in [3.05, 3.63) is 64.7 Å². The van der Waals surface area contributed by atoms with Crippen molar-refractivity contribution in [3.63, 3.8) is 0 Å². The molecule has 2 rings (SSSR count). The molecule has 0 aliphatic carbocycles. The van der Waals surface area contributed by atoms with E-state index in [1.807, 2.05) is 18.2 Å². The van der Waals surface area contributed by atoms with Crippen molar-refractivity contribution in [2.45, 2.75) is 19.9 Å². The number of halogens is 1. The highest BCUT2D eigenvalue weighted by molar-refractivity contribution is 9.10. The van der Waals surface area contributed by atoms with Crippen molar-refractivity contribution in [2.75, 3.05) is 19.0 Å². The first-order chi connectivity index (χ1) is 11.2. The van der Waals surface area contributed by atoms with Crippen molar-refractivity contribution >= 4 is 21.6 Å². The summed E-state index contributed by atoms with van der Waals surface area (Å²) in [4.78, 5) is 0. The van der Waals surface area contributed by atoms with Crippen molar-refractivity contribution < 1.29 is 9.47 Å². The molecular weight excluding hydrogens is 354 g/mol. The molecule has 0 atom stereocenters. The molecule has 1 N–H and O–H groups in total. The summed E-state index contributed by atoms with van der Waals surface area (Å²) in [5.41, 5.74) is 3.59. The number of hydrogen-bond donors (Lipinski definition) is 1. The number of ether oxygens (including phenoxy) is 2. The normalized spacial score (nSPS) is 10.2. The summed E-state index contributed by atoms with van der Waals surface area (Å²) in [6.45, 7) is 6.98. The summed E-state index contributed by atoms with van der Waals surface area (Å²) >= 11 is 3.56. The average Bonchev–Trinajstić information content (AvgIpc) is 2.58. The van der Waals surface area contributed by atoms with E-state index in [4.69, 9.17) is 9.47 Å². The van der Waals surface area contributed by atoms with Gasteiger partial charge in [0.2, 0.25) is 0 Å². The average molecular weight is 376 g/mol. The zero-order chi connectivity index (χ0) is 16.7. The third-order valence-electron chi connectivity index (χ3n) is 3.52. The number of hydrogen-bond acceptors (Lipinski definition) is 3. The van der Waals surface area contributed by atoms with Gasteiger partial charge in [0.15, 0.2) is 11.5 Å². The highest BCUT2D eigenvalue weighted by Gasteiger charge is 2.11. The van der Waals surface area contributed by atoms with Crippen LogP contribution < -0.4 is 14.8 Å². The molecule has 122 valence electrons. The molecule has 0 aromatic heterocycles. The SMILES string of the molecule is C=CCOc1c(Br)cc(CNc2ccccc2CC)cc1OC. The molecule has 0 saturated heterocycles. The summed E-state index contributed by atoms with van der Waals surface area (Å²) in [5.74, 6) is 1.41. The van der Waals surface area contributed by atoms with Crippen molar-refractivity contribution in [1.29, 1.82) is 0 Å². The van der Waals surface area contributed by atoms with Gasteiger partial charge in [0.25, 0.3) is 0 Å². The minimum atomic E-state index is 0.441. The van der Waals surface area contributed by atoms with E-state index in [1.54, 1.807) is 13.2 Å². The molecule has 2 aromatic rings. The molecule has 0 fully saturated rings. The zero-order valence-corrected chi connectivity index (χ0v) is 15.2. The largest absolute Gasteiger partial charge is 0.493 e. The van der Waals surface area contributed by atoms with Crippen LogP contribution in [0.1, 0.15) is 18.1 Å². The summed E-state index contributed by atoms with van der Waals surface area (Å²) in [6, 6.07) is 12.4. The van der Waals surface area contributed by atoms with Gasteiger partial charge in [-0.05, 0) is 51.7 Å². The molecule has 0 heterocycles. The highest BCUT2D eigenvalue weighted by Crippen LogP contribution is 2.37. The smallest absolute Gasteiger partial charge is 0.175 e. The molecule has 4 heteroatoms. The van der Waals surface area contributed by atoms with E-state index >= 15 is 0 Å². The summed E-state index contributed by atoms with van der Waals surface area (Å²) < 4.78 is 12.0. The minimum absolute atomic E-state index is 0.441. The van der Waals surface area contributed by atoms with Crippen LogP contribution in [0.4, 0.5) is 5.69 Å². The van der Waals surface area contributed by atoms with Crippen LogP contribution in [0.5, 0.6) is 11.5 Å². The van der Waals surface area contributed by atoms with Gasteiger partial charge in [-0.1, -0.05) is 37.8 Å². The predicted octanol–water partition coefficient (Wildman–Crippen LogP) is 5.20. The molecular formula is C19H22BrNO2. The lowest BCUT2D eigenvalue weighted by atomic mass is 10.1. The maximum Gasteiger partial charge on any atom is 0.175 e. The fraction of sp³-hybridized carbons (Fsp3) is 0.263. The Hall–Kier alpha value is -1.94. The van der Waals surface area contributed by atoms with Crippen LogP contribution >= 0.6 is 15.9 Å². The lowest BCUT2D eigenvalue weighted by molar-refractivity contribution is 0.324. The van der Waals surface area contributed by atoms with E-state index in [9.17, 15) is 0 Å². The maximum absolute atomic E-state index is 5.65. The van der Waals surface area contributed by atoms with Gasteiger partial charge in [0, 0.05) is 12.2 Å². The van der Waals surface area contributed by atoms with Gasteiger partial charge < -0.3 is 14.8 Å². The monoisotopic (exact) mass is 375 g/mol. The predicted molar refractivity (Wildman–Crippen MR) is 99.5 cm³/mol. The van der Waals surface area contributed by atoms with E-state index in [0.717, 1.165) is 22.1 Å². The molecule has 23 heavy (non-hydrogen) atoms. The fourth-order valence-corrected chi connectivity index (χ4v) is 2.96. The van der Waals surface area contributed by atoms with Gasteiger partial charge in [-0.25, -0.2) is 0 Å². The Morgan fingerprint density at radius 1 is 1.26 bits per heavy atom. The number of methoxy groups -OCH3 is 1. The molecule has 0 aliphatic heterocycles. The number of para-hydroxylation sites is 1. The summed E-state index contributed by atoms with van der Waals surface area (Å²) in [7, 11) is 1.64. The Balaban J connectivity index is 2.17. The molecule has 0 bridgehead atoms. The molecule has 3 nitrogen and oxygen atoms in total. The molecule has 0 aliphatic rings. The van der Waals surface area contributed by atoms with Crippen molar-refractivity contribution in [3.8, 4) is 11.5 Å². The third-order valence-corrected chi connectivity index (χ3v) is 4.11. The van der Waals surface area contributed by atoms with Gasteiger partial charge in [-0.3, -0.25) is 0 Å². The second-order valence-corrected chi connectivity index (χ2v) is 5.93. The van der Waals surface area contributed by atoms with Crippen LogP contribution in [-0.4, -0.2) is 13.7 Å². The Labute approximate surface area is 146 Å². The van der Waals surface area contributed by atoms with Gasteiger partial charge >= 0.3 is 0 Å². The summed E-state index contributed by atoms with van der Waals surface area (Å²) in [5, 5.41) is 3.49. The van der Waals surface area contributed by atoms with Crippen molar-refractivity contribution in [2.24, 2.45) is 0 Å². The van der Waals surface area contributed by atoms with Gasteiger partial charge in [0.05, 0.1) is 11.6 Å².